The summed E-state index contributed by atoms with van der Waals surface area (Å²) in [4.78, 5) is 12.1. The van der Waals surface area contributed by atoms with Gasteiger partial charge in [0.1, 0.15) is 12.4 Å². The van der Waals surface area contributed by atoms with Gasteiger partial charge in [0.2, 0.25) is 5.91 Å². The molecule has 2 N–H and O–H groups in total. The van der Waals surface area contributed by atoms with Crippen LogP contribution in [0, 0.1) is 6.92 Å². The summed E-state index contributed by atoms with van der Waals surface area (Å²) in [6.07, 6.45) is 0. The smallest absolute Gasteiger partial charge is 0.216 e. The molecular weight excluding hydrogens is 404 g/mol. The average molecular weight is 429 g/mol. The molecule has 0 spiro atoms. The Balaban J connectivity index is 1.57. The molecule has 0 unspecified atom stereocenters. The lowest BCUT2D eigenvalue weighted by molar-refractivity contribution is -0.118. The molecule has 0 fully saturated rings. The lowest BCUT2D eigenvalue weighted by Gasteiger charge is -2.13. The van der Waals surface area contributed by atoms with Crippen molar-refractivity contribution in [2.24, 2.45) is 0 Å². The standard InChI is InChI=1S/C23H25ClN2O2S/c1-16-19(5-3-6-20(16)23-7-4-12-29-23)15-28-22-9-8-18(13-21(22)24)14-25-10-11-26-17(2)27/h3-9,12-13,25H,10-11,14-15H2,1-2H3,(H,26,27). The minimum Gasteiger partial charge on any atom is -0.487 e. The number of hydrogen-bond donors (Lipinski definition) is 2. The predicted octanol–water partition coefficient (Wildman–Crippen LogP) is 5.18. The third kappa shape index (κ3) is 6.07. The maximum atomic E-state index is 10.9. The Morgan fingerprint density at radius 1 is 1.14 bits per heavy atom. The number of rotatable bonds is 9. The van der Waals surface area contributed by atoms with Crippen molar-refractivity contribution in [3.05, 3.63) is 75.6 Å². The van der Waals surface area contributed by atoms with Crippen LogP contribution in [0.2, 0.25) is 5.02 Å². The Labute approximate surface area is 180 Å². The molecule has 152 valence electrons. The van der Waals surface area contributed by atoms with Crippen LogP contribution < -0.4 is 15.4 Å². The second-order valence-corrected chi connectivity index (χ2v) is 8.14. The molecule has 1 aromatic heterocycles. The van der Waals surface area contributed by atoms with E-state index in [0.717, 1.165) is 11.1 Å². The van der Waals surface area contributed by atoms with Crippen LogP contribution in [0.15, 0.2) is 53.9 Å². The summed E-state index contributed by atoms with van der Waals surface area (Å²) < 4.78 is 6.00. The third-order valence-corrected chi connectivity index (χ3v) is 5.82. The molecule has 3 rings (SSSR count). The van der Waals surface area contributed by atoms with Gasteiger partial charge in [-0.2, -0.15) is 0 Å². The van der Waals surface area contributed by atoms with Crippen molar-refractivity contribution in [2.75, 3.05) is 13.1 Å². The number of halogens is 1. The van der Waals surface area contributed by atoms with Gasteiger partial charge in [0.25, 0.3) is 0 Å². The summed E-state index contributed by atoms with van der Waals surface area (Å²) in [6, 6.07) is 16.3. The second kappa shape index (κ2) is 10.4. The van der Waals surface area contributed by atoms with E-state index in [1.165, 1.54) is 22.9 Å². The number of ether oxygens (including phenoxy) is 1. The molecule has 0 saturated heterocycles. The van der Waals surface area contributed by atoms with Crippen molar-refractivity contribution in [3.63, 3.8) is 0 Å². The van der Waals surface area contributed by atoms with Gasteiger partial charge in [0.05, 0.1) is 5.02 Å². The molecule has 0 saturated carbocycles. The first kappa shape index (κ1) is 21.4. The van der Waals surface area contributed by atoms with Crippen molar-refractivity contribution in [3.8, 4) is 16.2 Å². The quantitative estimate of drug-likeness (QED) is 0.461. The van der Waals surface area contributed by atoms with Crippen LogP contribution in [0.1, 0.15) is 23.6 Å². The van der Waals surface area contributed by atoms with E-state index in [2.05, 4.69) is 53.3 Å². The molecule has 2 aromatic carbocycles. The molecule has 0 aliphatic carbocycles. The molecule has 3 aromatic rings. The van der Waals surface area contributed by atoms with Gasteiger partial charge in [-0.1, -0.05) is 41.9 Å². The number of hydrogen-bond acceptors (Lipinski definition) is 4. The van der Waals surface area contributed by atoms with Gasteiger partial charge in [-0.05, 0) is 52.8 Å². The summed E-state index contributed by atoms with van der Waals surface area (Å²) in [5.74, 6) is 0.655. The fourth-order valence-corrected chi connectivity index (χ4v) is 4.09. The maximum absolute atomic E-state index is 10.9. The van der Waals surface area contributed by atoms with E-state index < -0.39 is 0 Å². The van der Waals surface area contributed by atoms with E-state index in [4.69, 9.17) is 16.3 Å². The van der Waals surface area contributed by atoms with Crippen LogP contribution in [-0.2, 0) is 17.9 Å². The third-order valence-electron chi connectivity index (χ3n) is 4.62. The van der Waals surface area contributed by atoms with Crippen LogP contribution in [0.3, 0.4) is 0 Å². The number of carbonyl (C=O) groups excluding carboxylic acids is 1. The zero-order valence-electron chi connectivity index (χ0n) is 16.6. The molecule has 0 bridgehead atoms. The highest BCUT2D eigenvalue weighted by molar-refractivity contribution is 7.13. The topological polar surface area (TPSA) is 50.4 Å². The van der Waals surface area contributed by atoms with Crippen LogP contribution in [0.25, 0.3) is 10.4 Å². The summed E-state index contributed by atoms with van der Waals surface area (Å²) in [6.45, 7) is 6.10. The number of carbonyl (C=O) groups is 1. The Hall–Kier alpha value is -2.34. The van der Waals surface area contributed by atoms with Crippen molar-refractivity contribution in [2.45, 2.75) is 27.0 Å². The number of nitrogens with one attached hydrogen (secondary N) is 2. The number of thiophene rings is 1. The van der Waals surface area contributed by atoms with E-state index >= 15 is 0 Å². The van der Waals surface area contributed by atoms with Crippen molar-refractivity contribution in [1.29, 1.82) is 0 Å². The van der Waals surface area contributed by atoms with Gasteiger partial charge in [0.15, 0.2) is 0 Å². The van der Waals surface area contributed by atoms with Crippen molar-refractivity contribution in [1.82, 2.24) is 10.6 Å². The van der Waals surface area contributed by atoms with Gasteiger partial charge in [-0.3, -0.25) is 4.79 Å². The molecule has 1 heterocycles. The number of amides is 1. The maximum Gasteiger partial charge on any atom is 0.216 e. The van der Waals surface area contributed by atoms with Crippen LogP contribution in [-0.4, -0.2) is 19.0 Å². The fraction of sp³-hybridized carbons (Fsp3) is 0.261. The lowest BCUT2D eigenvalue weighted by atomic mass is 10.0. The van der Waals surface area contributed by atoms with Crippen molar-refractivity contribution >= 4 is 28.8 Å². The molecule has 6 heteroatoms. The first-order chi connectivity index (χ1) is 14.0. The number of benzene rings is 2. The van der Waals surface area contributed by atoms with Gasteiger partial charge in [-0.15, -0.1) is 11.3 Å². The molecule has 29 heavy (non-hydrogen) atoms. The Kier molecular flexibility index (Phi) is 7.69. The van der Waals surface area contributed by atoms with E-state index in [9.17, 15) is 4.79 Å². The largest absolute Gasteiger partial charge is 0.487 e. The summed E-state index contributed by atoms with van der Waals surface area (Å²) in [7, 11) is 0. The molecule has 0 aliphatic heterocycles. The highest BCUT2D eigenvalue weighted by Gasteiger charge is 2.09. The zero-order valence-corrected chi connectivity index (χ0v) is 18.2. The zero-order chi connectivity index (χ0) is 20.6. The van der Waals surface area contributed by atoms with E-state index in [1.54, 1.807) is 11.3 Å². The Bertz CT molecular complexity index is 958. The Morgan fingerprint density at radius 2 is 2.00 bits per heavy atom. The van der Waals surface area contributed by atoms with E-state index in [0.29, 0.717) is 37.0 Å². The highest BCUT2D eigenvalue weighted by atomic mass is 35.5. The van der Waals surface area contributed by atoms with Crippen molar-refractivity contribution < 1.29 is 9.53 Å². The monoisotopic (exact) mass is 428 g/mol. The summed E-state index contributed by atoms with van der Waals surface area (Å²) in [5.41, 5.74) is 4.69. The van der Waals surface area contributed by atoms with Gasteiger partial charge >= 0.3 is 0 Å². The summed E-state index contributed by atoms with van der Waals surface area (Å²) in [5, 5.41) is 8.72. The Morgan fingerprint density at radius 3 is 2.72 bits per heavy atom. The lowest BCUT2D eigenvalue weighted by Crippen LogP contribution is -2.29. The van der Waals surface area contributed by atoms with E-state index in [-0.39, 0.29) is 5.91 Å². The van der Waals surface area contributed by atoms with Crippen LogP contribution >= 0.6 is 22.9 Å². The predicted molar refractivity (Wildman–Crippen MR) is 121 cm³/mol. The van der Waals surface area contributed by atoms with Gasteiger partial charge in [-0.25, -0.2) is 0 Å². The minimum atomic E-state index is -0.0208. The first-order valence-electron chi connectivity index (χ1n) is 9.53. The first-order valence-corrected chi connectivity index (χ1v) is 10.8. The highest BCUT2D eigenvalue weighted by Crippen LogP contribution is 2.31. The fourth-order valence-electron chi connectivity index (χ4n) is 3.03. The van der Waals surface area contributed by atoms with Gasteiger partial charge in [0, 0.05) is 31.4 Å². The second-order valence-electron chi connectivity index (χ2n) is 6.78. The SMILES string of the molecule is CC(=O)NCCNCc1ccc(OCc2cccc(-c3cccs3)c2C)c(Cl)c1. The van der Waals surface area contributed by atoms with E-state index in [1.807, 2.05) is 18.2 Å². The molecular formula is C23H25ClN2O2S. The summed E-state index contributed by atoms with van der Waals surface area (Å²) >= 11 is 8.16. The van der Waals surface area contributed by atoms with Crippen LogP contribution in [0.5, 0.6) is 5.75 Å². The molecule has 1 amide bonds. The van der Waals surface area contributed by atoms with Crippen LogP contribution in [0.4, 0.5) is 0 Å². The minimum absolute atomic E-state index is 0.0208. The normalized spacial score (nSPS) is 10.7. The van der Waals surface area contributed by atoms with Gasteiger partial charge < -0.3 is 15.4 Å². The average Bonchev–Trinajstić information content (AvgIpc) is 3.22. The molecule has 0 aliphatic rings. The molecule has 4 nitrogen and oxygen atoms in total. The molecule has 0 atom stereocenters. The molecule has 0 radical (unpaired) electrons.